The molecule has 0 aliphatic carbocycles. The lowest BCUT2D eigenvalue weighted by Gasteiger charge is -2.12. The third-order valence-electron chi connectivity index (χ3n) is 3.72. The van der Waals surface area contributed by atoms with Crippen molar-refractivity contribution in [2.45, 2.75) is 0 Å². The second-order valence-electron chi connectivity index (χ2n) is 5.45. The zero-order chi connectivity index (χ0) is 19.1. The lowest BCUT2D eigenvalue weighted by atomic mass is 10.1. The van der Waals surface area contributed by atoms with Crippen LogP contribution in [0.1, 0.15) is 5.56 Å². The summed E-state index contributed by atoms with van der Waals surface area (Å²) in [6.07, 6.45) is 2.94. The van der Waals surface area contributed by atoms with Gasteiger partial charge in [0.05, 0.1) is 26.2 Å². The van der Waals surface area contributed by atoms with Gasteiger partial charge in [-0.1, -0.05) is 48.5 Å². The van der Waals surface area contributed by atoms with E-state index in [0.717, 1.165) is 11.3 Å². The molecule has 0 fully saturated rings. The summed E-state index contributed by atoms with van der Waals surface area (Å²) in [6.45, 7) is 0. The van der Waals surface area contributed by atoms with Gasteiger partial charge in [-0.05, 0) is 12.1 Å². The van der Waals surface area contributed by atoms with E-state index in [0.29, 0.717) is 11.3 Å². The number of rotatable bonds is 6. The first-order valence-corrected chi connectivity index (χ1v) is 8.20. The number of carbonyl (C=O) groups excluding carboxylic acids is 1. The first kappa shape index (κ1) is 18.1. The SMILES string of the molecule is COC=C(C(=O)OC)c1ccccc1Oc1nccc(-c2ccccc2)n1. The van der Waals surface area contributed by atoms with Crippen molar-refractivity contribution in [1.82, 2.24) is 9.97 Å². The molecule has 3 aromatic rings. The van der Waals surface area contributed by atoms with Crippen LogP contribution in [0.4, 0.5) is 0 Å². The summed E-state index contributed by atoms with van der Waals surface area (Å²) in [4.78, 5) is 20.7. The molecule has 136 valence electrons. The fraction of sp³-hybridized carbons (Fsp3) is 0.0952. The molecule has 6 heteroatoms. The Labute approximate surface area is 157 Å². The number of methoxy groups -OCH3 is 2. The first-order chi connectivity index (χ1) is 13.2. The smallest absolute Gasteiger partial charge is 0.341 e. The van der Waals surface area contributed by atoms with Gasteiger partial charge >= 0.3 is 12.0 Å². The van der Waals surface area contributed by atoms with Crippen molar-refractivity contribution in [1.29, 1.82) is 0 Å². The molecule has 0 saturated carbocycles. The maximum atomic E-state index is 12.1. The van der Waals surface area contributed by atoms with Crippen LogP contribution in [0.3, 0.4) is 0 Å². The molecule has 0 aliphatic rings. The van der Waals surface area contributed by atoms with Crippen molar-refractivity contribution >= 4 is 11.5 Å². The highest BCUT2D eigenvalue weighted by atomic mass is 16.5. The Balaban J connectivity index is 1.96. The first-order valence-electron chi connectivity index (χ1n) is 8.20. The molecule has 1 aromatic heterocycles. The topological polar surface area (TPSA) is 70.5 Å². The zero-order valence-corrected chi connectivity index (χ0v) is 15.0. The van der Waals surface area contributed by atoms with Gasteiger partial charge in [0.2, 0.25) is 0 Å². The van der Waals surface area contributed by atoms with Crippen LogP contribution < -0.4 is 4.74 Å². The summed E-state index contributed by atoms with van der Waals surface area (Å²) < 4.78 is 15.7. The van der Waals surface area contributed by atoms with Crippen molar-refractivity contribution in [3.63, 3.8) is 0 Å². The highest BCUT2D eigenvalue weighted by Crippen LogP contribution is 2.30. The molecule has 6 nitrogen and oxygen atoms in total. The molecule has 0 saturated heterocycles. The average molecular weight is 362 g/mol. The number of para-hydroxylation sites is 1. The number of aromatic nitrogens is 2. The third-order valence-corrected chi connectivity index (χ3v) is 3.72. The van der Waals surface area contributed by atoms with E-state index in [-0.39, 0.29) is 11.6 Å². The largest absolute Gasteiger partial charge is 0.503 e. The molecule has 27 heavy (non-hydrogen) atoms. The number of hydrogen-bond acceptors (Lipinski definition) is 6. The molecule has 0 aliphatic heterocycles. The monoisotopic (exact) mass is 362 g/mol. The Morgan fingerprint density at radius 3 is 2.44 bits per heavy atom. The molecular formula is C21H18N2O4. The summed E-state index contributed by atoms with van der Waals surface area (Å²) in [6, 6.07) is 18.7. The van der Waals surface area contributed by atoms with Gasteiger partial charge in [0.25, 0.3) is 0 Å². The normalized spacial score (nSPS) is 11.0. The fourth-order valence-electron chi connectivity index (χ4n) is 2.49. The Morgan fingerprint density at radius 1 is 0.963 bits per heavy atom. The number of ether oxygens (including phenoxy) is 3. The lowest BCUT2D eigenvalue weighted by Crippen LogP contribution is -2.06. The van der Waals surface area contributed by atoms with Crippen molar-refractivity contribution < 1.29 is 19.0 Å². The summed E-state index contributed by atoms with van der Waals surface area (Å²) in [5, 5.41) is 0. The minimum absolute atomic E-state index is 0.172. The van der Waals surface area contributed by atoms with Crippen LogP contribution in [0.15, 0.2) is 73.1 Å². The van der Waals surface area contributed by atoms with Crippen LogP contribution in [0, 0.1) is 0 Å². The van der Waals surface area contributed by atoms with E-state index in [1.165, 1.54) is 20.5 Å². The molecule has 0 spiro atoms. The predicted molar refractivity (Wildman–Crippen MR) is 101 cm³/mol. The van der Waals surface area contributed by atoms with Crippen LogP contribution in [0.2, 0.25) is 0 Å². The van der Waals surface area contributed by atoms with Crippen molar-refractivity contribution in [3.05, 3.63) is 78.7 Å². The second-order valence-corrected chi connectivity index (χ2v) is 5.45. The van der Waals surface area contributed by atoms with E-state index < -0.39 is 5.97 Å². The van der Waals surface area contributed by atoms with Crippen LogP contribution in [-0.4, -0.2) is 30.2 Å². The Bertz CT molecular complexity index is 955. The number of benzene rings is 2. The summed E-state index contributed by atoms with van der Waals surface area (Å²) in [5.41, 5.74) is 2.43. The molecule has 0 unspecified atom stereocenters. The maximum absolute atomic E-state index is 12.1. The third kappa shape index (κ3) is 4.30. The number of esters is 1. The van der Waals surface area contributed by atoms with E-state index in [1.54, 1.807) is 36.5 Å². The Morgan fingerprint density at radius 2 is 1.70 bits per heavy atom. The highest BCUT2D eigenvalue weighted by Gasteiger charge is 2.18. The molecule has 1 heterocycles. The molecule has 3 rings (SSSR count). The van der Waals surface area contributed by atoms with Crippen LogP contribution in [0.25, 0.3) is 16.8 Å². The molecule has 0 atom stereocenters. The quantitative estimate of drug-likeness (QED) is 0.374. The maximum Gasteiger partial charge on any atom is 0.341 e. The highest BCUT2D eigenvalue weighted by molar-refractivity contribution is 6.17. The fourth-order valence-corrected chi connectivity index (χ4v) is 2.49. The number of nitrogens with zero attached hydrogens (tertiary/aromatic N) is 2. The lowest BCUT2D eigenvalue weighted by molar-refractivity contribution is -0.133. The van der Waals surface area contributed by atoms with E-state index >= 15 is 0 Å². The van der Waals surface area contributed by atoms with E-state index in [1.807, 2.05) is 30.3 Å². The summed E-state index contributed by atoms with van der Waals surface area (Å²) in [5.74, 6) is -0.122. The Hall–Kier alpha value is -3.67. The van der Waals surface area contributed by atoms with Gasteiger partial charge in [-0.3, -0.25) is 0 Å². The molecule has 0 N–H and O–H groups in total. The average Bonchev–Trinajstić information content (AvgIpc) is 2.73. The van der Waals surface area contributed by atoms with Gasteiger partial charge in [0.1, 0.15) is 11.3 Å². The van der Waals surface area contributed by atoms with Gasteiger partial charge in [0, 0.05) is 17.3 Å². The van der Waals surface area contributed by atoms with Crippen LogP contribution >= 0.6 is 0 Å². The molecule has 0 amide bonds. The van der Waals surface area contributed by atoms with Crippen molar-refractivity contribution in [2.75, 3.05) is 14.2 Å². The number of hydrogen-bond donors (Lipinski definition) is 0. The van der Waals surface area contributed by atoms with Gasteiger partial charge in [-0.15, -0.1) is 0 Å². The van der Waals surface area contributed by atoms with Crippen LogP contribution in [0.5, 0.6) is 11.8 Å². The Kier molecular flexibility index (Phi) is 5.79. The van der Waals surface area contributed by atoms with Gasteiger partial charge < -0.3 is 14.2 Å². The van der Waals surface area contributed by atoms with Gasteiger partial charge in [-0.2, -0.15) is 4.98 Å². The van der Waals surface area contributed by atoms with Crippen molar-refractivity contribution in [2.24, 2.45) is 0 Å². The van der Waals surface area contributed by atoms with E-state index in [2.05, 4.69) is 9.97 Å². The second kappa shape index (κ2) is 8.62. The summed E-state index contributed by atoms with van der Waals surface area (Å²) in [7, 11) is 2.76. The van der Waals surface area contributed by atoms with Gasteiger partial charge in [-0.25, -0.2) is 9.78 Å². The van der Waals surface area contributed by atoms with Gasteiger partial charge in [0.15, 0.2) is 0 Å². The predicted octanol–water partition coefficient (Wildman–Crippen LogP) is 4.10. The van der Waals surface area contributed by atoms with E-state index in [4.69, 9.17) is 14.2 Å². The van der Waals surface area contributed by atoms with Crippen LogP contribution in [-0.2, 0) is 14.3 Å². The van der Waals surface area contributed by atoms with E-state index in [9.17, 15) is 4.79 Å². The molecule has 0 bridgehead atoms. The molecular weight excluding hydrogens is 344 g/mol. The standard InChI is InChI=1S/C21H18N2O4/c1-25-14-17(20(24)26-2)16-10-6-7-11-19(16)27-21-22-13-12-18(23-21)15-8-4-3-5-9-15/h3-14H,1-2H3. The minimum Gasteiger partial charge on any atom is -0.503 e. The molecule has 0 radical (unpaired) electrons. The summed E-state index contributed by atoms with van der Waals surface area (Å²) >= 11 is 0. The van der Waals surface area contributed by atoms with Crippen molar-refractivity contribution in [3.8, 4) is 23.0 Å². The number of carbonyl (C=O) groups is 1. The molecule has 2 aromatic carbocycles. The minimum atomic E-state index is -0.535. The zero-order valence-electron chi connectivity index (χ0n) is 15.0.